The van der Waals surface area contributed by atoms with Crippen molar-refractivity contribution in [1.82, 2.24) is 33.1 Å². The number of hydrogen-bond donors (Lipinski definition) is 4. The Kier molecular flexibility index (Phi) is 22.6. The summed E-state index contributed by atoms with van der Waals surface area (Å²) < 4.78 is 9.27. The average molecular weight is 1600 g/mol. The topological polar surface area (TPSA) is 169 Å². The van der Waals surface area contributed by atoms with Crippen molar-refractivity contribution in [3.05, 3.63) is 341 Å². The van der Waals surface area contributed by atoms with E-state index in [1.165, 1.54) is 59.6 Å². The number of aliphatic hydroxyl groups excluding tert-OH is 1. The number of benzene rings is 12. The third-order valence-electron chi connectivity index (χ3n) is 17.2. The number of halogens is 4. The Hall–Kier alpha value is -10.7. The minimum Gasteiger partial charge on any atom is -0.423 e. The number of nitrogens with zero attached hydrogens (tertiary/aromatic N) is 7. The third-order valence-corrected chi connectivity index (χ3v) is 19.3. The van der Waals surface area contributed by atoms with Crippen LogP contribution in [0.1, 0.15) is 17.3 Å². The number of Topliss-reactive ketones (excluding diaryl/α,β-unsaturated/α-hetero) is 1. The molecular weight excluding hydrogens is 1540 g/mol. The molecule has 0 aliphatic rings. The van der Waals surface area contributed by atoms with Crippen LogP contribution in [0.25, 0.3) is 126 Å². The van der Waals surface area contributed by atoms with Gasteiger partial charge in [-0.3, -0.25) is 4.79 Å². The van der Waals surface area contributed by atoms with Gasteiger partial charge in [-0.25, -0.2) is 19.9 Å². The van der Waals surface area contributed by atoms with Gasteiger partial charge in [0.15, 0.2) is 5.78 Å². The van der Waals surface area contributed by atoms with Gasteiger partial charge in [0.05, 0.1) is 22.4 Å². The van der Waals surface area contributed by atoms with Crippen LogP contribution in [0, 0.1) is 0 Å². The van der Waals surface area contributed by atoms with Gasteiger partial charge in [0, 0.05) is 85.7 Å². The standard InChI is InChI=1S/C29H18N2.C16H11BO2.2C13H9BrN2.C8H6Br2O.C5H6N2.C2H6O/c1-2-17-31-18-26(30-27(31)6-1)20-9-7-19(8-10-20)24-15-13-23-12-11-21-4-3-5-22-14-16-25(24)29(23)28(21)22;18-17(19)14-9-7-12-5-4-10-2-1-3-11-6-8-13(14)16(12)15(10)11;2*14-11-6-4-10(5-7-11)12-9-16-8-2-1-3-13(16)15-12;9-5-8(11)6-1-3-7(10)4-2-6;6-5-3-1-2-4-7-5;1-2-3/h1-18H;1-9,18-19H;2*1-9H;1-4H,5H2;1-4H,(H2,6,7);3H,2H2,1H3. The second kappa shape index (κ2) is 32.9. The molecule has 0 saturated heterocycles. The third kappa shape index (κ3) is 16.5. The first-order chi connectivity index (χ1) is 50.3. The lowest BCUT2D eigenvalue weighted by Gasteiger charge is -2.14. The van der Waals surface area contributed by atoms with E-state index in [-0.39, 0.29) is 12.4 Å². The van der Waals surface area contributed by atoms with Crippen molar-refractivity contribution < 1.29 is 19.9 Å². The van der Waals surface area contributed by atoms with Gasteiger partial charge in [-0.15, -0.1) is 0 Å². The van der Waals surface area contributed by atoms with E-state index >= 15 is 0 Å². The number of nitrogens with two attached hydrogens (primary N) is 1. The van der Waals surface area contributed by atoms with E-state index in [1.54, 1.807) is 37.4 Å². The largest absolute Gasteiger partial charge is 0.489 e. The van der Waals surface area contributed by atoms with Crippen molar-refractivity contribution in [2.75, 3.05) is 17.7 Å². The summed E-state index contributed by atoms with van der Waals surface area (Å²) in [5.41, 5.74) is 18.3. The fourth-order valence-electron chi connectivity index (χ4n) is 12.3. The number of rotatable bonds is 7. The van der Waals surface area contributed by atoms with Crippen molar-refractivity contribution in [1.29, 1.82) is 0 Å². The number of anilines is 1. The zero-order chi connectivity index (χ0) is 71.3. The van der Waals surface area contributed by atoms with Crippen LogP contribution in [0.2, 0.25) is 0 Å². The normalized spacial score (nSPS) is 10.9. The second-order valence-corrected chi connectivity index (χ2v) is 27.2. The number of carbonyl (C=O) groups excluding carboxylic acids is 1. The van der Waals surface area contributed by atoms with Gasteiger partial charge in [0.25, 0.3) is 0 Å². The van der Waals surface area contributed by atoms with Crippen LogP contribution < -0.4 is 11.2 Å². The first-order valence-corrected chi connectivity index (χ1v) is 36.6. The Labute approximate surface area is 628 Å². The summed E-state index contributed by atoms with van der Waals surface area (Å²) in [6.45, 7) is 1.93. The number of aliphatic hydroxyl groups is 1. The van der Waals surface area contributed by atoms with Crippen LogP contribution in [0.3, 0.4) is 0 Å². The van der Waals surface area contributed by atoms with Crippen LogP contribution in [0.15, 0.2) is 336 Å². The number of nitrogen functional groups attached to an aromatic ring is 1. The maximum absolute atomic E-state index is 11.1. The smallest absolute Gasteiger partial charge is 0.423 e. The molecule has 0 saturated carbocycles. The maximum Gasteiger partial charge on any atom is 0.489 e. The minimum absolute atomic E-state index is 0.109. The van der Waals surface area contributed by atoms with Gasteiger partial charge in [0.1, 0.15) is 22.8 Å². The van der Waals surface area contributed by atoms with Gasteiger partial charge in [-0.05, 0) is 173 Å². The predicted molar refractivity (Wildman–Crippen MR) is 440 cm³/mol. The summed E-state index contributed by atoms with van der Waals surface area (Å²) in [6.07, 6.45) is 13.9. The molecule has 19 aromatic rings. The molecule has 12 nitrogen and oxygen atoms in total. The van der Waals surface area contributed by atoms with Crippen molar-refractivity contribution in [2.45, 2.75) is 6.92 Å². The highest BCUT2D eigenvalue weighted by molar-refractivity contribution is 9.11. The molecule has 103 heavy (non-hydrogen) atoms. The predicted octanol–water partition coefficient (Wildman–Crippen LogP) is 21.0. The summed E-state index contributed by atoms with van der Waals surface area (Å²) in [5.74, 6) is 0.681. The zero-order valence-corrected chi connectivity index (χ0v) is 61.9. The lowest BCUT2D eigenvalue weighted by atomic mass is 9.75. The molecule has 0 bridgehead atoms. The average Bonchev–Trinajstić information content (AvgIpc) is 1.74. The van der Waals surface area contributed by atoms with Gasteiger partial charge in [-0.2, -0.15) is 0 Å². The van der Waals surface area contributed by atoms with Crippen LogP contribution in [0.5, 0.6) is 0 Å². The highest BCUT2D eigenvalue weighted by Crippen LogP contribution is 2.40. The number of ketones is 1. The Balaban J connectivity index is 0.000000115. The Morgan fingerprint density at radius 1 is 0.408 bits per heavy atom. The number of imidazole rings is 3. The molecule has 7 heterocycles. The van der Waals surface area contributed by atoms with Gasteiger partial charge in [-0.1, -0.05) is 258 Å². The number of aromatic nitrogens is 7. The first-order valence-electron chi connectivity index (χ1n) is 33.1. The summed E-state index contributed by atoms with van der Waals surface area (Å²) >= 11 is 13.3. The fourth-order valence-corrected chi connectivity index (χ4v) is 13.5. The molecular formula is C86H65BBr4N8O4. The molecule has 5 N–H and O–H groups in total. The van der Waals surface area contributed by atoms with E-state index in [9.17, 15) is 14.8 Å². The molecule has 0 unspecified atom stereocenters. The first kappa shape index (κ1) is 70.7. The van der Waals surface area contributed by atoms with Gasteiger partial charge >= 0.3 is 7.12 Å². The fraction of sp³-hybridized carbons (Fsp3) is 0.0349. The van der Waals surface area contributed by atoms with Crippen LogP contribution >= 0.6 is 63.7 Å². The molecule has 0 amide bonds. The Morgan fingerprint density at radius 2 is 0.767 bits per heavy atom. The molecule has 504 valence electrons. The van der Waals surface area contributed by atoms with E-state index in [4.69, 9.17) is 15.8 Å². The van der Waals surface area contributed by atoms with E-state index in [2.05, 4.69) is 217 Å². The number of hydrogen-bond acceptors (Lipinski definition) is 9. The van der Waals surface area contributed by atoms with Crippen molar-refractivity contribution in [3.8, 4) is 44.9 Å². The molecule has 0 aliphatic carbocycles. The summed E-state index contributed by atoms with van der Waals surface area (Å²) in [5, 5.41) is 41.6. The van der Waals surface area contributed by atoms with Crippen molar-refractivity contribution >= 4 is 169 Å². The monoisotopic (exact) mass is 1600 g/mol. The number of fused-ring (bicyclic) bond motifs is 3. The molecule has 0 radical (unpaired) electrons. The Bertz CT molecular complexity index is 5790. The lowest BCUT2D eigenvalue weighted by molar-refractivity contribution is 0.102. The Morgan fingerprint density at radius 3 is 1.16 bits per heavy atom. The zero-order valence-electron chi connectivity index (χ0n) is 55.6. The highest BCUT2D eigenvalue weighted by Gasteiger charge is 2.18. The number of carbonyl (C=O) groups is 1. The molecule has 12 aromatic carbocycles. The minimum atomic E-state index is -1.44. The van der Waals surface area contributed by atoms with Crippen LogP contribution in [0.4, 0.5) is 5.82 Å². The molecule has 17 heteroatoms. The van der Waals surface area contributed by atoms with Crippen molar-refractivity contribution in [2.24, 2.45) is 0 Å². The van der Waals surface area contributed by atoms with E-state index in [0.29, 0.717) is 16.6 Å². The maximum atomic E-state index is 11.1. The molecule has 7 aromatic heterocycles. The molecule has 0 aliphatic heterocycles. The highest BCUT2D eigenvalue weighted by atomic mass is 79.9. The summed E-state index contributed by atoms with van der Waals surface area (Å²) in [7, 11) is -1.44. The summed E-state index contributed by atoms with van der Waals surface area (Å²) in [6, 6.07) is 94.1. The second-order valence-electron chi connectivity index (χ2n) is 23.9. The van der Waals surface area contributed by atoms with E-state index < -0.39 is 7.12 Å². The van der Waals surface area contributed by atoms with E-state index in [0.717, 1.165) is 85.9 Å². The van der Waals surface area contributed by atoms with Crippen LogP contribution in [-0.2, 0) is 0 Å². The quantitative estimate of drug-likeness (QED) is 0.0525. The molecule has 0 atom stereocenters. The van der Waals surface area contributed by atoms with Gasteiger partial charge in [0.2, 0.25) is 0 Å². The van der Waals surface area contributed by atoms with Gasteiger partial charge < -0.3 is 34.1 Å². The molecule has 0 fully saturated rings. The number of alkyl halides is 1. The summed E-state index contributed by atoms with van der Waals surface area (Å²) in [4.78, 5) is 28.7. The number of pyridine rings is 4. The molecule has 19 rings (SSSR count). The lowest BCUT2D eigenvalue weighted by Crippen LogP contribution is -2.30. The van der Waals surface area contributed by atoms with Crippen LogP contribution in [-0.4, -0.2) is 73.1 Å². The SMILES string of the molecule is Brc1ccc(-c2cn3ccccc3n2)cc1.Brc1ccc(-c2cn3ccccc3n2)cc1.CCO.Nc1ccccn1.O=C(CBr)c1ccc(Br)cc1.OB(O)c1ccc2ccc3cccc4ccc1c2c34.c1cc2ccc3ccc(-c4ccc(-c5cn6ccccc6n5)cc4)c4ccc(c1)c2c34. The van der Waals surface area contributed by atoms with Crippen molar-refractivity contribution in [3.63, 3.8) is 0 Å². The van der Waals surface area contributed by atoms with E-state index in [1.807, 2.05) is 167 Å². The molecule has 0 spiro atoms.